The van der Waals surface area contributed by atoms with Gasteiger partial charge in [0.05, 0.1) is 0 Å². The quantitative estimate of drug-likeness (QED) is 0.796. The van der Waals surface area contributed by atoms with Gasteiger partial charge < -0.3 is 15.4 Å². The van der Waals surface area contributed by atoms with Gasteiger partial charge in [-0.3, -0.25) is 4.79 Å². The van der Waals surface area contributed by atoms with Crippen LogP contribution < -0.4 is 10.6 Å². The van der Waals surface area contributed by atoms with Crippen molar-refractivity contribution in [3.05, 3.63) is 0 Å². The third-order valence-corrected chi connectivity index (χ3v) is 7.32. The second-order valence-corrected chi connectivity index (χ2v) is 8.87. The minimum Gasteiger partial charge on any atom is -0.368 e. The maximum atomic E-state index is 12.7. The predicted molar refractivity (Wildman–Crippen MR) is 97.3 cm³/mol. The zero-order valence-corrected chi connectivity index (χ0v) is 15.8. The Morgan fingerprint density at radius 2 is 1.62 bits per heavy atom. The molecule has 5 heteroatoms. The molecule has 4 aliphatic carbocycles. The van der Waals surface area contributed by atoms with E-state index in [4.69, 9.17) is 4.74 Å². The number of ether oxygens (including phenoxy) is 1. The Balaban J connectivity index is 0.00000169. The standard InChI is InChI=1S/C19H32N2O2.ClH/c1-23-19(3-5-20-6-4-19)17(22)21-7-2-18-11-14-8-15(12-18)10-16(9-14)13-18;/h14-16,20H,2-13H2,1H3,(H,21,22);1H. The molecule has 4 saturated carbocycles. The number of hydrogen-bond acceptors (Lipinski definition) is 3. The van der Waals surface area contributed by atoms with Gasteiger partial charge in [-0.15, -0.1) is 12.4 Å². The highest BCUT2D eigenvalue weighted by molar-refractivity contribution is 5.85. The highest BCUT2D eigenvalue weighted by Gasteiger charge is 2.50. The van der Waals surface area contributed by atoms with Crippen LogP contribution in [0.1, 0.15) is 57.8 Å². The first-order chi connectivity index (χ1) is 11.1. The van der Waals surface area contributed by atoms with Gasteiger partial charge in [0.25, 0.3) is 5.91 Å². The fraction of sp³-hybridized carbons (Fsp3) is 0.947. The lowest BCUT2D eigenvalue weighted by Gasteiger charge is -2.57. The van der Waals surface area contributed by atoms with E-state index in [-0.39, 0.29) is 18.3 Å². The molecule has 0 unspecified atom stereocenters. The lowest BCUT2D eigenvalue weighted by molar-refractivity contribution is -0.147. The number of nitrogens with one attached hydrogen (secondary N) is 2. The summed E-state index contributed by atoms with van der Waals surface area (Å²) in [6.07, 6.45) is 11.5. The van der Waals surface area contributed by atoms with Crippen LogP contribution in [0.25, 0.3) is 0 Å². The van der Waals surface area contributed by atoms with Crippen LogP contribution >= 0.6 is 12.4 Å². The fourth-order valence-electron chi connectivity index (χ4n) is 6.55. The summed E-state index contributed by atoms with van der Waals surface area (Å²) in [5.74, 6) is 3.09. The largest absolute Gasteiger partial charge is 0.368 e. The molecule has 0 spiro atoms. The van der Waals surface area contributed by atoms with E-state index in [1.54, 1.807) is 7.11 Å². The number of carbonyl (C=O) groups is 1. The number of hydrogen-bond donors (Lipinski definition) is 2. The molecule has 0 atom stereocenters. The van der Waals surface area contributed by atoms with Crippen molar-refractivity contribution in [2.45, 2.75) is 63.4 Å². The van der Waals surface area contributed by atoms with Gasteiger partial charge >= 0.3 is 0 Å². The number of rotatable bonds is 5. The van der Waals surface area contributed by atoms with Crippen molar-refractivity contribution in [2.75, 3.05) is 26.7 Å². The summed E-state index contributed by atoms with van der Waals surface area (Å²) in [4.78, 5) is 12.7. The Kier molecular flexibility index (Phi) is 5.48. The Morgan fingerprint density at radius 1 is 1.08 bits per heavy atom. The fourth-order valence-corrected chi connectivity index (χ4v) is 6.55. The molecule has 1 saturated heterocycles. The van der Waals surface area contributed by atoms with E-state index in [0.29, 0.717) is 5.41 Å². The molecule has 5 fully saturated rings. The summed E-state index contributed by atoms with van der Waals surface area (Å²) in [5.41, 5.74) is -0.0386. The summed E-state index contributed by atoms with van der Waals surface area (Å²) in [6.45, 7) is 2.58. The molecule has 0 aromatic rings. The summed E-state index contributed by atoms with van der Waals surface area (Å²) in [6, 6.07) is 0. The van der Waals surface area contributed by atoms with Crippen LogP contribution in [0.4, 0.5) is 0 Å². The Bertz CT molecular complexity index is 427. The molecule has 4 nitrogen and oxygen atoms in total. The summed E-state index contributed by atoms with van der Waals surface area (Å²) in [5, 5.41) is 6.54. The molecule has 5 aliphatic rings. The Hall–Kier alpha value is -0.320. The normalized spacial score (nSPS) is 39.3. The van der Waals surface area contributed by atoms with Gasteiger partial charge in [0.1, 0.15) is 5.60 Å². The van der Waals surface area contributed by atoms with Crippen molar-refractivity contribution >= 4 is 18.3 Å². The van der Waals surface area contributed by atoms with Crippen LogP contribution in [0.5, 0.6) is 0 Å². The lowest BCUT2D eigenvalue weighted by atomic mass is 9.49. The van der Waals surface area contributed by atoms with Crippen molar-refractivity contribution in [1.29, 1.82) is 0 Å². The van der Waals surface area contributed by atoms with Gasteiger partial charge in [-0.25, -0.2) is 0 Å². The average Bonchev–Trinajstić information content (AvgIpc) is 2.54. The molecular formula is C19H33ClN2O2. The monoisotopic (exact) mass is 356 g/mol. The van der Waals surface area contributed by atoms with Crippen molar-refractivity contribution in [2.24, 2.45) is 23.2 Å². The number of amides is 1. The van der Waals surface area contributed by atoms with Crippen molar-refractivity contribution in [1.82, 2.24) is 10.6 Å². The Labute approximate surface area is 152 Å². The minimum atomic E-state index is -0.591. The van der Waals surface area contributed by atoms with Crippen LogP contribution in [0.3, 0.4) is 0 Å². The van der Waals surface area contributed by atoms with Crippen LogP contribution in [0.2, 0.25) is 0 Å². The second-order valence-electron chi connectivity index (χ2n) is 8.87. The van der Waals surface area contributed by atoms with Crippen molar-refractivity contribution in [3.63, 3.8) is 0 Å². The summed E-state index contributed by atoms with van der Waals surface area (Å²) < 4.78 is 5.63. The number of methoxy groups -OCH3 is 1. The molecule has 0 aromatic heterocycles. The van der Waals surface area contributed by atoms with E-state index >= 15 is 0 Å². The van der Waals surface area contributed by atoms with Gasteiger partial charge in [0.15, 0.2) is 0 Å². The maximum absolute atomic E-state index is 12.7. The van der Waals surface area contributed by atoms with E-state index < -0.39 is 5.60 Å². The molecule has 5 rings (SSSR count). The SMILES string of the molecule is COC1(C(=O)NCCC23CC4CC(CC(C4)C2)C3)CCNCC1.Cl. The van der Waals surface area contributed by atoms with E-state index in [2.05, 4.69) is 10.6 Å². The number of carbonyl (C=O) groups excluding carboxylic acids is 1. The zero-order valence-electron chi connectivity index (χ0n) is 14.9. The van der Waals surface area contributed by atoms with E-state index in [1.807, 2.05) is 0 Å². The van der Waals surface area contributed by atoms with E-state index in [9.17, 15) is 4.79 Å². The van der Waals surface area contributed by atoms with Crippen molar-refractivity contribution < 1.29 is 9.53 Å². The molecule has 4 bridgehead atoms. The van der Waals surface area contributed by atoms with Crippen LogP contribution in [-0.4, -0.2) is 38.3 Å². The van der Waals surface area contributed by atoms with E-state index in [0.717, 1.165) is 50.2 Å². The van der Waals surface area contributed by atoms with Crippen LogP contribution in [-0.2, 0) is 9.53 Å². The van der Waals surface area contributed by atoms with Crippen LogP contribution in [0.15, 0.2) is 0 Å². The lowest BCUT2D eigenvalue weighted by Crippen LogP contribution is -2.55. The summed E-state index contributed by atoms with van der Waals surface area (Å²) >= 11 is 0. The van der Waals surface area contributed by atoms with Gasteiger partial charge in [0.2, 0.25) is 0 Å². The third-order valence-electron chi connectivity index (χ3n) is 7.32. The topological polar surface area (TPSA) is 50.4 Å². The molecule has 1 amide bonds. The van der Waals surface area contributed by atoms with E-state index in [1.165, 1.54) is 44.9 Å². The van der Waals surface area contributed by atoms with Crippen molar-refractivity contribution in [3.8, 4) is 0 Å². The molecule has 0 aromatic carbocycles. The first kappa shape index (κ1) is 18.5. The van der Waals surface area contributed by atoms with Gasteiger partial charge in [-0.2, -0.15) is 0 Å². The number of piperidine rings is 1. The molecule has 1 aliphatic heterocycles. The minimum absolute atomic E-state index is 0. The molecular weight excluding hydrogens is 324 g/mol. The van der Waals surface area contributed by atoms with Crippen LogP contribution in [0, 0.1) is 23.2 Å². The molecule has 1 heterocycles. The third kappa shape index (κ3) is 3.34. The second kappa shape index (κ2) is 7.13. The van der Waals surface area contributed by atoms with Gasteiger partial charge in [-0.05, 0) is 94.0 Å². The smallest absolute Gasteiger partial charge is 0.252 e. The maximum Gasteiger partial charge on any atom is 0.252 e. The zero-order chi connectivity index (χ0) is 15.9. The average molecular weight is 357 g/mol. The van der Waals surface area contributed by atoms with Gasteiger partial charge in [-0.1, -0.05) is 0 Å². The molecule has 2 N–H and O–H groups in total. The molecule has 138 valence electrons. The first-order valence-corrected chi connectivity index (χ1v) is 9.67. The molecule has 24 heavy (non-hydrogen) atoms. The number of halogens is 1. The highest BCUT2D eigenvalue weighted by Crippen LogP contribution is 2.61. The highest BCUT2D eigenvalue weighted by atomic mass is 35.5. The summed E-state index contributed by atoms with van der Waals surface area (Å²) in [7, 11) is 1.68. The predicted octanol–water partition coefficient (Wildman–Crippen LogP) is 2.90. The first-order valence-electron chi connectivity index (χ1n) is 9.67. The van der Waals surface area contributed by atoms with Gasteiger partial charge in [0, 0.05) is 13.7 Å². The molecule has 0 radical (unpaired) electrons. The Morgan fingerprint density at radius 3 is 2.12 bits per heavy atom.